The highest BCUT2D eigenvalue weighted by Gasteiger charge is 2.48. The molecular weight excluding hydrogens is 462 g/mol. The van der Waals surface area contributed by atoms with E-state index in [0.717, 1.165) is 23.5 Å². The van der Waals surface area contributed by atoms with Crippen molar-refractivity contribution < 1.29 is 23.1 Å². The quantitative estimate of drug-likeness (QED) is 0.322. The molecule has 3 rings (SSSR count). The van der Waals surface area contributed by atoms with E-state index in [1.807, 2.05) is 32.9 Å². The third kappa shape index (κ3) is 5.49. The zero-order chi connectivity index (χ0) is 24.4. The summed E-state index contributed by atoms with van der Waals surface area (Å²) in [5, 5.41) is 9.37. The van der Waals surface area contributed by atoms with E-state index in [0.29, 0.717) is 10.6 Å². The Balaban J connectivity index is 2.15. The molecule has 1 heterocycles. The highest BCUT2D eigenvalue weighted by molar-refractivity contribution is 7.89. The Kier molecular flexibility index (Phi) is 7.36. The van der Waals surface area contributed by atoms with Gasteiger partial charge in [0.05, 0.1) is 23.3 Å². The fraction of sp³-hybridized carbons (Fsp3) is 0.320. The topological polar surface area (TPSA) is 83.9 Å². The molecule has 0 aliphatic carbocycles. The monoisotopic (exact) mass is 489 g/mol. The summed E-state index contributed by atoms with van der Waals surface area (Å²) in [6, 6.07) is 12.9. The molecular formula is C25H28ClNO5S. The molecule has 0 radical (unpaired) electrons. The zero-order valence-corrected chi connectivity index (χ0v) is 20.6. The van der Waals surface area contributed by atoms with Crippen molar-refractivity contribution in [1.82, 2.24) is 4.31 Å². The Morgan fingerprint density at radius 3 is 2.36 bits per heavy atom. The van der Waals surface area contributed by atoms with Gasteiger partial charge in [-0.2, -0.15) is 4.31 Å². The van der Waals surface area contributed by atoms with Crippen molar-refractivity contribution in [3.8, 4) is 0 Å². The molecule has 1 N–H and O–H groups in total. The van der Waals surface area contributed by atoms with E-state index in [9.17, 15) is 13.2 Å². The van der Waals surface area contributed by atoms with Crippen molar-refractivity contribution in [3.63, 3.8) is 0 Å². The van der Waals surface area contributed by atoms with E-state index in [-0.39, 0.29) is 11.5 Å². The Morgan fingerprint density at radius 2 is 1.79 bits per heavy atom. The van der Waals surface area contributed by atoms with E-state index >= 15 is 0 Å². The second kappa shape index (κ2) is 9.71. The number of ether oxygens (including phenoxy) is 1. The van der Waals surface area contributed by atoms with Gasteiger partial charge in [0.1, 0.15) is 6.61 Å². The average molecular weight is 490 g/mol. The van der Waals surface area contributed by atoms with Crippen LogP contribution in [0.15, 0.2) is 77.4 Å². The van der Waals surface area contributed by atoms with Crippen LogP contribution < -0.4 is 0 Å². The lowest BCUT2D eigenvalue weighted by Crippen LogP contribution is -2.45. The molecule has 33 heavy (non-hydrogen) atoms. The summed E-state index contributed by atoms with van der Waals surface area (Å²) in [5.41, 5.74) is 1.72. The fourth-order valence-electron chi connectivity index (χ4n) is 3.95. The van der Waals surface area contributed by atoms with Crippen molar-refractivity contribution in [3.05, 3.63) is 88.7 Å². The fourth-order valence-corrected chi connectivity index (χ4v) is 6.24. The molecule has 2 aromatic rings. The van der Waals surface area contributed by atoms with Gasteiger partial charge in [0.25, 0.3) is 0 Å². The molecule has 8 heteroatoms. The molecule has 176 valence electrons. The van der Waals surface area contributed by atoms with Gasteiger partial charge < -0.3 is 9.84 Å². The number of aliphatic carboxylic acids is 1. The maximum atomic E-state index is 14.1. The number of aryl methyl sites for hydroxylation is 1. The maximum absolute atomic E-state index is 14.1. The number of carbonyl (C=O) groups is 1. The third-order valence-corrected chi connectivity index (χ3v) is 7.79. The van der Waals surface area contributed by atoms with Crippen LogP contribution in [0.2, 0.25) is 5.02 Å². The van der Waals surface area contributed by atoms with Crippen LogP contribution in [-0.4, -0.2) is 36.4 Å². The summed E-state index contributed by atoms with van der Waals surface area (Å²) < 4.78 is 35.1. The van der Waals surface area contributed by atoms with Gasteiger partial charge in [0.15, 0.2) is 0 Å². The molecule has 0 saturated carbocycles. The van der Waals surface area contributed by atoms with Crippen LogP contribution in [0.1, 0.15) is 37.9 Å². The van der Waals surface area contributed by atoms with E-state index in [1.54, 1.807) is 49.4 Å². The first-order chi connectivity index (χ1) is 15.4. The summed E-state index contributed by atoms with van der Waals surface area (Å²) in [5.74, 6) is -1.12. The number of halogens is 1. The summed E-state index contributed by atoms with van der Waals surface area (Å²) in [6.07, 6.45) is 3.92. The highest BCUT2D eigenvalue weighted by Crippen LogP contribution is 2.46. The van der Waals surface area contributed by atoms with Gasteiger partial charge in [0, 0.05) is 11.1 Å². The number of nitrogens with zero attached hydrogens (tertiary/aromatic N) is 1. The number of hydrogen-bond donors (Lipinski definition) is 1. The first kappa shape index (κ1) is 25.0. The summed E-state index contributed by atoms with van der Waals surface area (Å²) in [6.45, 7) is 7.79. The summed E-state index contributed by atoms with van der Waals surface area (Å²) in [7, 11) is -3.91. The van der Waals surface area contributed by atoms with Crippen LogP contribution in [0, 0.1) is 12.3 Å². The van der Waals surface area contributed by atoms with Crippen molar-refractivity contribution in [2.24, 2.45) is 5.41 Å². The maximum Gasteiger partial charge on any atom is 0.331 e. The number of sulfonamides is 1. The minimum Gasteiger partial charge on any atom is -0.497 e. The Hall–Kier alpha value is -2.61. The number of benzene rings is 2. The lowest BCUT2D eigenvalue weighted by Gasteiger charge is -2.37. The van der Waals surface area contributed by atoms with Crippen LogP contribution >= 0.6 is 11.6 Å². The molecule has 0 saturated heterocycles. The van der Waals surface area contributed by atoms with Gasteiger partial charge in [-0.15, -0.1) is 0 Å². The predicted octanol–water partition coefficient (Wildman–Crippen LogP) is 5.35. The first-order valence-electron chi connectivity index (χ1n) is 10.5. The van der Waals surface area contributed by atoms with E-state index < -0.39 is 33.5 Å². The second-order valence-electron chi connectivity index (χ2n) is 9.06. The van der Waals surface area contributed by atoms with Crippen LogP contribution in [-0.2, 0) is 19.6 Å². The largest absolute Gasteiger partial charge is 0.497 e. The Labute approximate surface area is 200 Å². The molecule has 1 aliphatic heterocycles. The van der Waals surface area contributed by atoms with Crippen LogP contribution in [0.25, 0.3) is 0 Å². The lowest BCUT2D eigenvalue weighted by molar-refractivity contribution is -0.131. The van der Waals surface area contributed by atoms with Gasteiger partial charge in [-0.1, -0.05) is 68.8 Å². The molecule has 0 amide bonds. The van der Waals surface area contributed by atoms with Gasteiger partial charge in [-0.25, -0.2) is 13.2 Å². The molecule has 0 unspecified atom stereocenters. The van der Waals surface area contributed by atoms with Gasteiger partial charge in [0.2, 0.25) is 10.0 Å². The first-order valence-corrected chi connectivity index (χ1v) is 12.3. The molecule has 0 spiro atoms. The predicted molar refractivity (Wildman–Crippen MR) is 128 cm³/mol. The molecule has 2 aromatic carbocycles. The normalized spacial score (nSPS) is 19.6. The smallest absolute Gasteiger partial charge is 0.331 e. The molecule has 2 atom stereocenters. The molecule has 6 nitrogen and oxygen atoms in total. The Bertz CT molecular complexity index is 1180. The summed E-state index contributed by atoms with van der Waals surface area (Å²) >= 11 is 6.10. The van der Waals surface area contributed by atoms with Gasteiger partial charge in [-0.3, -0.25) is 0 Å². The number of hydrogen-bond acceptors (Lipinski definition) is 4. The van der Waals surface area contributed by atoms with Crippen LogP contribution in [0.4, 0.5) is 0 Å². The van der Waals surface area contributed by atoms with Crippen LogP contribution in [0.5, 0.6) is 0 Å². The summed E-state index contributed by atoms with van der Waals surface area (Å²) in [4.78, 5) is 11.0. The average Bonchev–Trinajstić information content (AvgIpc) is 3.13. The lowest BCUT2D eigenvalue weighted by atomic mass is 9.87. The van der Waals surface area contributed by atoms with Crippen molar-refractivity contribution >= 4 is 27.6 Å². The van der Waals surface area contributed by atoms with Crippen molar-refractivity contribution in [2.75, 3.05) is 6.61 Å². The van der Waals surface area contributed by atoms with Crippen LogP contribution in [0.3, 0.4) is 0 Å². The minimum absolute atomic E-state index is 0.0451. The highest BCUT2D eigenvalue weighted by atomic mass is 35.5. The standard InChI is InChI=1S/C25H28ClNO5S/c1-17-7-5-6-8-21(17)33(30,31)27-22(25(2,3)4)15-19(16-32-14-13-23(28)29)24(27)18-9-11-20(26)12-10-18/h5-15,22,24H,16H2,1-4H3,(H,28,29)/t22-,24-/m0/s1. The Morgan fingerprint density at radius 1 is 1.15 bits per heavy atom. The molecule has 0 fully saturated rings. The van der Waals surface area contributed by atoms with E-state index in [4.69, 9.17) is 21.4 Å². The minimum atomic E-state index is -3.91. The van der Waals surface area contributed by atoms with E-state index in [2.05, 4.69) is 0 Å². The van der Waals surface area contributed by atoms with Gasteiger partial charge in [-0.05, 0) is 47.2 Å². The zero-order valence-electron chi connectivity index (χ0n) is 19.0. The molecule has 1 aliphatic rings. The number of rotatable bonds is 7. The van der Waals surface area contributed by atoms with Crippen molar-refractivity contribution in [2.45, 2.75) is 44.7 Å². The SMILES string of the molecule is Cc1ccccc1S(=O)(=O)N1[C@@H](c2ccc(Cl)cc2)C(COC=CC(=O)O)=C[C@H]1C(C)(C)C. The second-order valence-corrected chi connectivity index (χ2v) is 11.3. The number of carboxylic acid groups (broad SMARTS) is 1. The van der Waals surface area contributed by atoms with E-state index in [1.165, 1.54) is 4.31 Å². The molecule has 0 aromatic heterocycles. The van der Waals surface area contributed by atoms with Gasteiger partial charge >= 0.3 is 5.97 Å². The number of carboxylic acids is 1. The molecule has 0 bridgehead atoms. The third-order valence-electron chi connectivity index (χ3n) is 5.53. The van der Waals surface area contributed by atoms with Crippen molar-refractivity contribution in [1.29, 1.82) is 0 Å².